The number of benzene rings is 2. The van der Waals surface area contributed by atoms with Crippen LogP contribution in [0.15, 0.2) is 48.5 Å². The summed E-state index contributed by atoms with van der Waals surface area (Å²) in [6, 6.07) is 17.2. The number of para-hydroxylation sites is 1. The van der Waals surface area contributed by atoms with Crippen LogP contribution in [0.1, 0.15) is 29.7 Å². The van der Waals surface area contributed by atoms with E-state index in [0.29, 0.717) is 12.2 Å². The molecule has 0 saturated carbocycles. The number of rotatable bonds is 4. The zero-order valence-corrected chi connectivity index (χ0v) is 10.8. The van der Waals surface area contributed by atoms with E-state index in [-0.39, 0.29) is 6.04 Å². The quantitative estimate of drug-likeness (QED) is 0.909. The standard InChI is InChI=1S/C16H16N2O/c1-12(18)15-4-2-3-5-16(15)19-11-14-8-6-13(10-17)7-9-14/h2-9,12H,11,18H2,1H3/t12-/m0/s1. The van der Waals surface area contributed by atoms with Crippen LogP contribution in [0.5, 0.6) is 5.75 Å². The molecule has 0 aromatic heterocycles. The van der Waals surface area contributed by atoms with E-state index in [2.05, 4.69) is 6.07 Å². The van der Waals surface area contributed by atoms with Gasteiger partial charge in [0.2, 0.25) is 0 Å². The summed E-state index contributed by atoms with van der Waals surface area (Å²) in [4.78, 5) is 0. The second-order valence-electron chi connectivity index (χ2n) is 4.42. The largest absolute Gasteiger partial charge is 0.489 e. The van der Waals surface area contributed by atoms with E-state index in [4.69, 9.17) is 15.7 Å². The number of ether oxygens (including phenoxy) is 1. The molecular formula is C16H16N2O. The van der Waals surface area contributed by atoms with Crippen molar-refractivity contribution in [1.82, 2.24) is 0 Å². The normalized spacial score (nSPS) is 11.6. The highest BCUT2D eigenvalue weighted by atomic mass is 16.5. The molecule has 0 spiro atoms. The van der Waals surface area contributed by atoms with Gasteiger partial charge in [0, 0.05) is 11.6 Å². The molecule has 1 atom stereocenters. The molecule has 0 radical (unpaired) electrons. The lowest BCUT2D eigenvalue weighted by Crippen LogP contribution is -2.07. The fraction of sp³-hybridized carbons (Fsp3) is 0.188. The lowest BCUT2D eigenvalue weighted by atomic mass is 10.1. The van der Waals surface area contributed by atoms with Gasteiger partial charge in [-0.2, -0.15) is 5.26 Å². The van der Waals surface area contributed by atoms with Gasteiger partial charge >= 0.3 is 0 Å². The van der Waals surface area contributed by atoms with Crippen LogP contribution in [0.2, 0.25) is 0 Å². The fourth-order valence-electron chi connectivity index (χ4n) is 1.82. The minimum Gasteiger partial charge on any atom is -0.489 e. The molecule has 0 bridgehead atoms. The summed E-state index contributed by atoms with van der Waals surface area (Å²) in [6.45, 7) is 2.40. The molecule has 2 rings (SSSR count). The van der Waals surface area contributed by atoms with Crippen molar-refractivity contribution in [2.24, 2.45) is 5.73 Å². The van der Waals surface area contributed by atoms with E-state index in [1.165, 1.54) is 0 Å². The third-order valence-electron chi connectivity index (χ3n) is 2.89. The van der Waals surface area contributed by atoms with Crippen molar-refractivity contribution in [2.75, 3.05) is 0 Å². The number of hydrogen-bond donors (Lipinski definition) is 1. The Morgan fingerprint density at radius 2 is 1.84 bits per heavy atom. The maximum absolute atomic E-state index is 8.74. The molecule has 2 N–H and O–H groups in total. The average Bonchev–Trinajstić information content (AvgIpc) is 2.46. The SMILES string of the molecule is C[C@H](N)c1ccccc1OCc1ccc(C#N)cc1. The smallest absolute Gasteiger partial charge is 0.124 e. The van der Waals surface area contributed by atoms with Crippen LogP contribution in [0.25, 0.3) is 0 Å². The number of hydrogen-bond acceptors (Lipinski definition) is 3. The van der Waals surface area contributed by atoms with Crippen molar-refractivity contribution in [3.63, 3.8) is 0 Å². The summed E-state index contributed by atoms with van der Waals surface area (Å²) in [5, 5.41) is 8.74. The Morgan fingerprint density at radius 1 is 1.16 bits per heavy atom. The summed E-state index contributed by atoms with van der Waals surface area (Å²) in [5.74, 6) is 0.807. The third-order valence-corrected chi connectivity index (χ3v) is 2.89. The Hall–Kier alpha value is -2.31. The average molecular weight is 252 g/mol. The Labute approximate surface area is 113 Å². The lowest BCUT2D eigenvalue weighted by Gasteiger charge is -2.13. The van der Waals surface area contributed by atoms with Crippen LogP contribution in [0, 0.1) is 11.3 Å². The third kappa shape index (κ3) is 3.34. The topological polar surface area (TPSA) is 59.0 Å². The molecule has 0 saturated heterocycles. The Kier molecular flexibility index (Phi) is 4.17. The number of nitrogens with two attached hydrogens (primary N) is 1. The first-order valence-electron chi connectivity index (χ1n) is 6.17. The monoisotopic (exact) mass is 252 g/mol. The van der Waals surface area contributed by atoms with Crippen LogP contribution < -0.4 is 10.5 Å². The van der Waals surface area contributed by atoms with Crippen molar-refractivity contribution in [2.45, 2.75) is 19.6 Å². The molecule has 2 aromatic rings. The fourth-order valence-corrected chi connectivity index (χ4v) is 1.82. The van der Waals surface area contributed by atoms with Crippen molar-refractivity contribution >= 4 is 0 Å². The first-order chi connectivity index (χ1) is 9.20. The van der Waals surface area contributed by atoms with Gasteiger partial charge in [-0.1, -0.05) is 30.3 Å². The zero-order chi connectivity index (χ0) is 13.7. The lowest BCUT2D eigenvalue weighted by molar-refractivity contribution is 0.301. The van der Waals surface area contributed by atoms with Gasteiger partial charge in [0.05, 0.1) is 11.6 Å². The van der Waals surface area contributed by atoms with E-state index in [1.54, 1.807) is 12.1 Å². The van der Waals surface area contributed by atoms with Gasteiger partial charge in [-0.25, -0.2) is 0 Å². The minimum absolute atomic E-state index is 0.0582. The Balaban J connectivity index is 2.08. The maximum atomic E-state index is 8.74. The van der Waals surface area contributed by atoms with Crippen molar-refractivity contribution in [3.05, 3.63) is 65.2 Å². The predicted molar refractivity (Wildman–Crippen MR) is 74.5 cm³/mol. The molecule has 0 fully saturated rings. The molecule has 0 unspecified atom stereocenters. The van der Waals surface area contributed by atoms with Crippen LogP contribution in [0.4, 0.5) is 0 Å². The van der Waals surface area contributed by atoms with E-state index >= 15 is 0 Å². The molecule has 0 aliphatic carbocycles. The molecule has 3 heteroatoms. The van der Waals surface area contributed by atoms with Crippen LogP contribution in [-0.2, 0) is 6.61 Å². The Morgan fingerprint density at radius 3 is 2.47 bits per heavy atom. The van der Waals surface area contributed by atoms with Gasteiger partial charge in [0.1, 0.15) is 12.4 Å². The highest BCUT2D eigenvalue weighted by Crippen LogP contribution is 2.24. The van der Waals surface area contributed by atoms with Crippen LogP contribution in [0.3, 0.4) is 0 Å². The van der Waals surface area contributed by atoms with Gasteiger partial charge in [-0.3, -0.25) is 0 Å². The Bertz CT molecular complexity index is 582. The molecule has 0 amide bonds. The minimum atomic E-state index is -0.0582. The van der Waals surface area contributed by atoms with Crippen molar-refractivity contribution in [1.29, 1.82) is 5.26 Å². The van der Waals surface area contributed by atoms with Crippen molar-refractivity contribution in [3.8, 4) is 11.8 Å². The molecule has 0 aliphatic heterocycles. The van der Waals surface area contributed by atoms with E-state index in [0.717, 1.165) is 16.9 Å². The summed E-state index contributed by atoms with van der Waals surface area (Å²) in [7, 11) is 0. The van der Waals surface area contributed by atoms with Gasteiger partial charge < -0.3 is 10.5 Å². The second kappa shape index (κ2) is 6.03. The van der Waals surface area contributed by atoms with Gasteiger partial charge in [0.25, 0.3) is 0 Å². The highest BCUT2D eigenvalue weighted by Gasteiger charge is 2.07. The number of nitrogens with zero attached hydrogens (tertiary/aromatic N) is 1. The molecule has 3 nitrogen and oxygen atoms in total. The highest BCUT2D eigenvalue weighted by molar-refractivity contribution is 5.36. The summed E-state index contributed by atoms with van der Waals surface area (Å²) in [6.07, 6.45) is 0. The van der Waals surface area contributed by atoms with Gasteiger partial charge in [-0.15, -0.1) is 0 Å². The number of nitriles is 1. The van der Waals surface area contributed by atoms with E-state index in [1.807, 2.05) is 43.3 Å². The first-order valence-corrected chi connectivity index (χ1v) is 6.17. The van der Waals surface area contributed by atoms with Crippen LogP contribution >= 0.6 is 0 Å². The molecule has 2 aromatic carbocycles. The molecule has 19 heavy (non-hydrogen) atoms. The first kappa shape index (κ1) is 13.1. The van der Waals surface area contributed by atoms with Gasteiger partial charge in [-0.05, 0) is 30.7 Å². The molecular weight excluding hydrogens is 236 g/mol. The predicted octanol–water partition coefficient (Wildman–Crippen LogP) is 3.16. The maximum Gasteiger partial charge on any atom is 0.124 e. The molecule has 0 aliphatic rings. The summed E-state index contributed by atoms with van der Waals surface area (Å²) < 4.78 is 5.80. The second-order valence-corrected chi connectivity index (χ2v) is 4.42. The van der Waals surface area contributed by atoms with E-state index in [9.17, 15) is 0 Å². The summed E-state index contributed by atoms with van der Waals surface area (Å²) >= 11 is 0. The molecule has 0 heterocycles. The van der Waals surface area contributed by atoms with Crippen LogP contribution in [-0.4, -0.2) is 0 Å². The zero-order valence-electron chi connectivity index (χ0n) is 10.8. The van der Waals surface area contributed by atoms with Crippen molar-refractivity contribution < 1.29 is 4.74 Å². The van der Waals surface area contributed by atoms with Gasteiger partial charge in [0.15, 0.2) is 0 Å². The summed E-state index contributed by atoms with van der Waals surface area (Å²) in [5.41, 5.74) is 8.58. The van der Waals surface area contributed by atoms with E-state index < -0.39 is 0 Å². The molecule has 96 valence electrons.